The van der Waals surface area contributed by atoms with Crippen LogP contribution in [0.25, 0.3) is 0 Å². The molecule has 0 radical (unpaired) electrons. The number of pyridine rings is 1. The van der Waals surface area contributed by atoms with Gasteiger partial charge in [0.15, 0.2) is 0 Å². The first-order valence-electron chi connectivity index (χ1n) is 5.61. The number of halogens is 1. The van der Waals surface area contributed by atoms with Gasteiger partial charge in [0.05, 0.1) is 12.8 Å². The summed E-state index contributed by atoms with van der Waals surface area (Å²) < 4.78 is 18.0. The highest BCUT2D eigenvalue weighted by Gasteiger charge is 1.95. The van der Waals surface area contributed by atoms with Gasteiger partial charge in [-0.05, 0) is 24.5 Å². The monoisotopic (exact) mass is 226 g/mol. The number of anilines is 1. The summed E-state index contributed by atoms with van der Waals surface area (Å²) in [4.78, 5) is 3.88. The summed E-state index contributed by atoms with van der Waals surface area (Å²) in [5.74, 6) is 1.03. The standard InChI is InChI=1S/C12H19FN2O/c1-10(2)5-7-16-8-6-14-12-4-3-11(13)9-15-12/h3-4,9-10H,5-8H2,1-2H3,(H,14,15). The summed E-state index contributed by atoms with van der Waals surface area (Å²) >= 11 is 0. The molecule has 0 aliphatic rings. The minimum absolute atomic E-state index is 0.321. The molecule has 0 spiro atoms. The minimum atomic E-state index is -0.321. The van der Waals surface area contributed by atoms with Gasteiger partial charge in [-0.1, -0.05) is 13.8 Å². The van der Waals surface area contributed by atoms with Crippen LogP contribution in [0, 0.1) is 11.7 Å². The van der Waals surface area contributed by atoms with Crippen LogP contribution in [-0.4, -0.2) is 24.7 Å². The van der Waals surface area contributed by atoms with Crippen LogP contribution in [0.15, 0.2) is 18.3 Å². The lowest BCUT2D eigenvalue weighted by molar-refractivity contribution is 0.132. The van der Waals surface area contributed by atoms with Gasteiger partial charge in [-0.25, -0.2) is 9.37 Å². The second kappa shape index (κ2) is 7.17. The maximum Gasteiger partial charge on any atom is 0.141 e. The third kappa shape index (κ3) is 5.66. The fourth-order valence-electron chi connectivity index (χ4n) is 1.15. The van der Waals surface area contributed by atoms with E-state index in [-0.39, 0.29) is 5.82 Å². The van der Waals surface area contributed by atoms with E-state index in [1.165, 1.54) is 12.3 Å². The molecule has 4 heteroatoms. The van der Waals surface area contributed by atoms with Gasteiger partial charge in [0, 0.05) is 13.2 Å². The summed E-state index contributed by atoms with van der Waals surface area (Å²) in [6.45, 7) is 6.47. The van der Waals surface area contributed by atoms with Gasteiger partial charge in [0.25, 0.3) is 0 Å². The molecule has 0 unspecified atom stereocenters. The molecule has 0 aromatic carbocycles. The molecule has 1 aromatic rings. The number of hydrogen-bond donors (Lipinski definition) is 1. The smallest absolute Gasteiger partial charge is 0.141 e. The molecule has 1 N–H and O–H groups in total. The molecule has 3 nitrogen and oxygen atoms in total. The first kappa shape index (κ1) is 12.9. The molecule has 90 valence electrons. The lowest BCUT2D eigenvalue weighted by Gasteiger charge is -2.07. The van der Waals surface area contributed by atoms with Crippen LogP contribution in [-0.2, 0) is 4.74 Å². The van der Waals surface area contributed by atoms with E-state index in [1.807, 2.05) is 0 Å². The Kier molecular flexibility index (Phi) is 5.78. The largest absolute Gasteiger partial charge is 0.380 e. The third-order valence-electron chi connectivity index (χ3n) is 2.12. The van der Waals surface area contributed by atoms with Gasteiger partial charge in [-0.2, -0.15) is 0 Å². The molecule has 0 aliphatic carbocycles. The molecule has 0 saturated heterocycles. The molecule has 1 aromatic heterocycles. The zero-order valence-corrected chi connectivity index (χ0v) is 9.87. The topological polar surface area (TPSA) is 34.1 Å². The third-order valence-corrected chi connectivity index (χ3v) is 2.12. The second-order valence-electron chi connectivity index (χ2n) is 4.08. The maximum absolute atomic E-state index is 12.5. The quantitative estimate of drug-likeness (QED) is 0.726. The van der Waals surface area contributed by atoms with Crippen molar-refractivity contribution in [3.8, 4) is 0 Å². The maximum atomic E-state index is 12.5. The van der Waals surface area contributed by atoms with E-state index in [4.69, 9.17) is 4.74 Å². The molecule has 16 heavy (non-hydrogen) atoms. The van der Waals surface area contributed by atoms with Gasteiger partial charge in [0.1, 0.15) is 11.6 Å². The van der Waals surface area contributed by atoms with Gasteiger partial charge in [-0.3, -0.25) is 0 Å². The van der Waals surface area contributed by atoms with Gasteiger partial charge in [0.2, 0.25) is 0 Å². The zero-order valence-electron chi connectivity index (χ0n) is 9.87. The van der Waals surface area contributed by atoms with Gasteiger partial charge in [-0.15, -0.1) is 0 Å². The van der Waals surface area contributed by atoms with E-state index in [9.17, 15) is 4.39 Å². The predicted octanol–water partition coefficient (Wildman–Crippen LogP) is 2.70. The summed E-state index contributed by atoms with van der Waals surface area (Å²) in [5, 5.41) is 3.06. The molecule has 1 heterocycles. The van der Waals surface area contributed by atoms with Crippen LogP contribution in [0.1, 0.15) is 20.3 Å². The normalized spacial score (nSPS) is 10.8. The van der Waals surface area contributed by atoms with Gasteiger partial charge >= 0.3 is 0 Å². The molecule has 1 rings (SSSR count). The average molecular weight is 226 g/mol. The van der Waals surface area contributed by atoms with Crippen LogP contribution in [0.3, 0.4) is 0 Å². The highest BCUT2D eigenvalue weighted by atomic mass is 19.1. The zero-order chi connectivity index (χ0) is 11.8. The van der Waals surface area contributed by atoms with Gasteiger partial charge < -0.3 is 10.1 Å². The number of hydrogen-bond acceptors (Lipinski definition) is 3. The Morgan fingerprint density at radius 2 is 2.19 bits per heavy atom. The second-order valence-corrected chi connectivity index (χ2v) is 4.08. The van der Waals surface area contributed by atoms with E-state index < -0.39 is 0 Å². The van der Waals surface area contributed by atoms with Crippen LogP contribution in [0.5, 0.6) is 0 Å². The lowest BCUT2D eigenvalue weighted by atomic mass is 10.1. The molecule has 0 fully saturated rings. The Morgan fingerprint density at radius 1 is 1.38 bits per heavy atom. The fraction of sp³-hybridized carbons (Fsp3) is 0.583. The van der Waals surface area contributed by atoms with Crippen LogP contribution < -0.4 is 5.32 Å². The molecule has 0 atom stereocenters. The summed E-state index contributed by atoms with van der Waals surface area (Å²) in [6.07, 6.45) is 2.27. The van der Waals surface area contributed by atoms with E-state index in [2.05, 4.69) is 24.1 Å². The number of nitrogens with zero attached hydrogens (tertiary/aromatic N) is 1. The number of ether oxygens (including phenoxy) is 1. The first-order chi connectivity index (χ1) is 7.68. The lowest BCUT2D eigenvalue weighted by Crippen LogP contribution is -2.11. The van der Waals surface area contributed by atoms with Crippen LogP contribution in [0.4, 0.5) is 10.2 Å². The van der Waals surface area contributed by atoms with E-state index >= 15 is 0 Å². The Balaban J connectivity index is 2.05. The Bertz CT molecular complexity index is 288. The van der Waals surface area contributed by atoms with Crippen molar-refractivity contribution in [2.24, 2.45) is 5.92 Å². The van der Waals surface area contributed by atoms with Crippen molar-refractivity contribution in [2.45, 2.75) is 20.3 Å². The molecular formula is C12H19FN2O. The van der Waals surface area contributed by atoms with Crippen LogP contribution in [0.2, 0.25) is 0 Å². The van der Waals surface area contributed by atoms with Crippen molar-refractivity contribution < 1.29 is 9.13 Å². The van der Waals surface area contributed by atoms with Crippen molar-refractivity contribution in [2.75, 3.05) is 25.1 Å². The number of nitrogens with one attached hydrogen (secondary N) is 1. The van der Waals surface area contributed by atoms with Crippen LogP contribution >= 0.6 is 0 Å². The molecule has 0 aliphatic heterocycles. The SMILES string of the molecule is CC(C)CCOCCNc1ccc(F)cn1. The number of aromatic nitrogens is 1. The average Bonchev–Trinajstić information content (AvgIpc) is 2.25. The van der Waals surface area contributed by atoms with E-state index in [0.717, 1.165) is 13.0 Å². The molecule has 0 amide bonds. The molecule has 0 bridgehead atoms. The predicted molar refractivity (Wildman–Crippen MR) is 63.0 cm³/mol. The Hall–Kier alpha value is -1.16. The highest BCUT2D eigenvalue weighted by molar-refractivity contribution is 5.33. The van der Waals surface area contributed by atoms with E-state index in [0.29, 0.717) is 24.9 Å². The van der Waals surface area contributed by atoms with Crippen molar-refractivity contribution >= 4 is 5.82 Å². The van der Waals surface area contributed by atoms with E-state index in [1.54, 1.807) is 6.07 Å². The Morgan fingerprint density at radius 3 is 2.81 bits per heavy atom. The minimum Gasteiger partial charge on any atom is -0.380 e. The number of rotatable bonds is 7. The van der Waals surface area contributed by atoms with Crippen molar-refractivity contribution in [3.05, 3.63) is 24.1 Å². The summed E-state index contributed by atoms with van der Waals surface area (Å²) in [6, 6.07) is 3.00. The fourth-order valence-corrected chi connectivity index (χ4v) is 1.15. The summed E-state index contributed by atoms with van der Waals surface area (Å²) in [7, 11) is 0. The Labute approximate surface area is 96.0 Å². The summed E-state index contributed by atoms with van der Waals surface area (Å²) in [5.41, 5.74) is 0. The molecular weight excluding hydrogens is 207 g/mol. The van der Waals surface area contributed by atoms with Crippen molar-refractivity contribution in [3.63, 3.8) is 0 Å². The van der Waals surface area contributed by atoms with Crippen molar-refractivity contribution in [1.29, 1.82) is 0 Å². The molecule has 0 saturated carbocycles. The van der Waals surface area contributed by atoms with Crippen molar-refractivity contribution in [1.82, 2.24) is 4.98 Å². The first-order valence-corrected chi connectivity index (χ1v) is 5.61. The highest BCUT2D eigenvalue weighted by Crippen LogP contribution is 2.03.